The highest BCUT2D eigenvalue weighted by molar-refractivity contribution is 6.35. The number of aromatic amines is 1. The average Bonchev–Trinajstić information content (AvgIpc) is 3.21. The van der Waals surface area contributed by atoms with Crippen LogP contribution in [0.3, 0.4) is 0 Å². The molecule has 3 heterocycles. The fourth-order valence-corrected chi connectivity index (χ4v) is 4.21. The highest BCUT2D eigenvalue weighted by atomic mass is 35.5. The average molecular weight is 391 g/mol. The number of H-pyrrole nitrogens is 1. The van der Waals surface area contributed by atoms with E-state index in [1.54, 1.807) is 0 Å². The van der Waals surface area contributed by atoms with Crippen LogP contribution in [0.25, 0.3) is 21.9 Å². The number of pyridine rings is 1. The van der Waals surface area contributed by atoms with Gasteiger partial charge in [-0.05, 0) is 31.0 Å². The van der Waals surface area contributed by atoms with Crippen LogP contribution in [0.5, 0.6) is 0 Å². The van der Waals surface area contributed by atoms with E-state index in [2.05, 4.69) is 9.97 Å². The first-order chi connectivity index (χ1) is 13.7. The van der Waals surface area contributed by atoms with Crippen molar-refractivity contribution < 1.29 is 4.79 Å². The van der Waals surface area contributed by atoms with Gasteiger partial charge in [-0.25, -0.2) is 9.97 Å². The molecule has 6 heteroatoms. The number of aromatic nitrogens is 3. The van der Waals surface area contributed by atoms with E-state index in [1.165, 1.54) is 0 Å². The van der Waals surface area contributed by atoms with Gasteiger partial charge in [0, 0.05) is 30.0 Å². The van der Waals surface area contributed by atoms with Crippen molar-refractivity contribution in [3.8, 4) is 0 Å². The lowest BCUT2D eigenvalue weighted by Crippen LogP contribution is -2.38. The van der Waals surface area contributed by atoms with Gasteiger partial charge in [-0.3, -0.25) is 4.79 Å². The summed E-state index contributed by atoms with van der Waals surface area (Å²) in [6, 6.07) is 17.4. The molecule has 0 bridgehead atoms. The number of imidazole rings is 1. The molecule has 2 aromatic heterocycles. The van der Waals surface area contributed by atoms with E-state index < -0.39 is 0 Å². The minimum absolute atomic E-state index is 0.0990. The third-order valence-corrected chi connectivity index (χ3v) is 5.77. The highest BCUT2D eigenvalue weighted by Crippen LogP contribution is 2.32. The van der Waals surface area contributed by atoms with E-state index >= 15 is 0 Å². The molecule has 4 aromatic rings. The summed E-state index contributed by atoms with van der Waals surface area (Å²) in [6.07, 6.45) is 1.75. The Bertz CT molecular complexity index is 1160. The molecule has 0 unspecified atom stereocenters. The monoisotopic (exact) mass is 390 g/mol. The van der Waals surface area contributed by atoms with E-state index in [9.17, 15) is 4.79 Å². The Morgan fingerprint density at radius 2 is 1.71 bits per heavy atom. The lowest BCUT2D eigenvalue weighted by atomic mass is 9.95. The Morgan fingerprint density at radius 3 is 2.50 bits per heavy atom. The van der Waals surface area contributed by atoms with Gasteiger partial charge in [0.2, 0.25) is 0 Å². The molecule has 1 aliphatic heterocycles. The minimum Gasteiger partial charge on any atom is -0.339 e. The summed E-state index contributed by atoms with van der Waals surface area (Å²) >= 11 is 6.39. The fraction of sp³-hybridized carbons (Fsp3) is 0.227. The molecule has 0 radical (unpaired) electrons. The second kappa shape index (κ2) is 6.91. The Balaban J connectivity index is 1.39. The molecular weight excluding hydrogens is 372 g/mol. The standard InChI is InChI=1S/C22H19ClN4O/c23-20-19-18(16-8-4-5-9-17(16)24-20)25-21(26-19)14-10-12-27(13-11-14)22(28)15-6-2-1-3-7-15/h1-9,14H,10-13H2,(H,25,26). The number of fused-ring (bicyclic) bond motifs is 3. The van der Waals surface area contributed by atoms with Crippen LogP contribution in [0.2, 0.25) is 5.15 Å². The number of halogens is 1. The maximum atomic E-state index is 12.7. The SMILES string of the molecule is O=C(c1ccccc1)N1CCC(c2nc3c([nH]2)c(Cl)nc2ccccc23)CC1. The predicted octanol–water partition coefficient (Wildman–Crippen LogP) is 4.78. The van der Waals surface area contributed by atoms with Crippen molar-refractivity contribution in [1.82, 2.24) is 19.9 Å². The zero-order valence-corrected chi connectivity index (χ0v) is 16.0. The number of amides is 1. The Hall–Kier alpha value is -2.92. The van der Waals surface area contributed by atoms with Crippen LogP contribution >= 0.6 is 11.6 Å². The maximum Gasteiger partial charge on any atom is 0.253 e. The summed E-state index contributed by atoms with van der Waals surface area (Å²) in [6.45, 7) is 1.45. The number of para-hydroxylation sites is 1. The number of hydrogen-bond donors (Lipinski definition) is 1. The molecule has 0 aliphatic carbocycles. The first-order valence-electron chi connectivity index (χ1n) is 9.49. The van der Waals surface area contributed by atoms with Crippen LogP contribution in [0.15, 0.2) is 54.6 Å². The summed E-state index contributed by atoms with van der Waals surface area (Å²) in [5, 5.41) is 1.45. The lowest BCUT2D eigenvalue weighted by Gasteiger charge is -2.31. The summed E-state index contributed by atoms with van der Waals surface area (Å²) in [5.41, 5.74) is 3.25. The van der Waals surface area contributed by atoms with E-state index in [0.29, 0.717) is 5.15 Å². The summed E-state index contributed by atoms with van der Waals surface area (Å²) in [5.74, 6) is 1.31. The number of rotatable bonds is 2. The number of likely N-dealkylation sites (tertiary alicyclic amines) is 1. The number of nitrogens with zero attached hydrogens (tertiary/aromatic N) is 3. The molecule has 5 rings (SSSR count). The molecule has 0 atom stereocenters. The molecule has 1 amide bonds. The van der Waals surface area contributed by atoms with Gasteiger partial charge in [0.05, 0.1) is 5.52 Å². The third-order valence-electron chi connectivity index (χ3n) is 5.50. The number of piperidine rings is 1. The number of hydrogen-bond acceptors (Lipinski definition) is 3. The minimum atomic E-state index is 0.0990. The van der Waals surface area contributed by atoms with Crippen molar-refractivity contribution in [3.05, 3.63) is 71.1 Å². The molecule has 2 aromatic carbocycles. The quantitative estimate of drug-likeness (QED) is 0.501. The molecule has 1 N–H and O–H groups in total. The van der Waals surface area contributed by atoms with Crippen molar-refractivity contribution in [2.75, 3.05) is 13.1 Å². The van der Waals surface area contributed by atoms with E-state index in [4.69, 9.17) is 16.6 Å². The Kier molecular flexibility index (Phi) is 4.24. The van der Waals surface area contributed by atoms with Crippen molar-refractivity contribution in [1.29, 1.82) is 0 Å². The number of nitrogens with one attached hydrogen (secondary N) is 1. The van der Waals surface area contributed by atoms with Crippen molar-refractivity contribution in [2.24, 2.45) is 0 Å². The normalized spacial score (nSPS) is 15.4. The van der Waals surface area contributed by atoms with Crippen molar-refractivity contribution in [3.63, 3.8) is 0 Å². The second-order valence-electron chi connectivity index (χ2n) is 7.20. The molecule has 1 fully saturated rings. The lowest BCUT2D eigenvalue weighted by molar-refractivity contribution is 0.0711. The summed E-state index contributed by atoms with van der Waals surface area (Å²) in [7, 11) is 0. The van der Waals surface area contributed by atoms with E-state index in [-0.39, 0.29) is 11.8 Å². The van der Waals surface area contributed by atoms with Gasteiger partial charge in [-0.1, -0.05) is 48.0 Å². The van der Waals surface area contributed by atoms with Crippen LogP contribution in [0.4, 0.5) is 0 Å². The van der Waals surface area contributed by atoms with Crippen LogP contribution in [-0.4, -0.2) is 38.8 Å². The van der Waals surface area contributed by atoms with Crippen molar-refractivity contribution in [2.45, 2.75) is 18.8 Å². The molecule has 0 saturated carbocycles. The molecule has 140 valence electrons. The maximum absolute atomic E-state index is 12.7. The number of benzene rings is 2. The van der Waals surface area contributed by atoms with Crippen LogP contribution < -0.4 is 0 Å². The molecule has 0 spiro atoms. The van der Waals surface area contributed by atoms with Crippen LogP contribution in [-0.2, 0) is 0 Å². The zero-order valence-electron chi connectivity index (χ0n) is 15.2. The van der Waals surface area contributed by atoms with Gasteiger partial charge in [-0.15, -0.1) is 0 Å². The van der Waals surface area contributed by atoms with Gasteiger partial charge in [0.25, 0.3) is 5.91 Å². The summed E-state index contributed by atoms with van der Waals surface area (Å²) in [4.78, 5) is 27.3. The highest BCUT2D eigenvalue weighted by Gasteiger charge is 2.27. The molecule has 28 heavy (non-hydrogen) atoms. The molecular formula is C22H19ClN4O. The third kappa shape index (κ3) is 2.92. The summed E-state index contributed by atoms with van der Waals surface area (Å²) < 4.78 is 0. The largest absolute Gasteiger partial charge is 0.339 e. The second-order valence-corrected chi connectivity index (χ2v) is 7.56. The van der Waals surface area contributed by atoms with E-state index in [1.807, 2.05) is 59.5 Å². The number of carbonyl (C=O) groups is 1. The van der Waals surface area contributed by atoms with E-state index in [0.717, 1.165) is 59.3 Å². The van der Waals surface area contributed by atoms with Crippen LogP contribution in [0, 0.1) is 0 Å². The smallest absolute Gasteiger partial charge is 0.253 e. The number of carbonyl (C=O) groups excluding carboxylic acids is 1. The Labute approximate surface area is 167 Å². The zero-order chi connectivity index (χ0) is 19.1. The first kappa shape index (κ1) is 17.2. The molecule has 1 saturated heterocycles. The first-order valence-corrected chi connectivity index (χ1v) is 9.86. The van der Waals surface area contributed by atoms with Crippen molar-refractivity contribution >= 4 is 39.4 Å². The predicted molar refractivity (Wildman–Crippen MR) is 111 cm³/mol. The fourth-order valence-electron chi connectivity index (χ4n) is 3.98. The Morgan fingerprint density at radius 1 is 1.00 bits per heavy atom. The van der Waals surface area contributed by atoms with Gasteiger partial charge in [0.1, 0.15) is 16.9 Å². The van der Waals surface area contributed by atoms with Crippen LogP contribution in [0.1, 0.15) is 34.9 Å². The van der Waals surface area contributed by atoms with Gasteiger partial charge >= 0.3 is 0 Å². The van der Waals surface area contributed by atoms with Gasteiger partial charge in [-0.2, -0.15) is 0 Å². The molecule has 1 aliphatic rings. The topological polar surface area (TPSA) is 61.9 Å². The molecule has 5 nitrogen and oxygen atoms in total. The van der Waals surface area contributed by atoms with Gasteiger partial charge < -0.3 is 9.88 Å². The van der Waals surface area contributed by atoms with Gasteiger partial charge in [0.15, 0.2) is 5.15 Å².